The highest BCUT2D eigenvalue weighted by Gasteiger charge is 2.34. The fourth-order valence-corrected chi connectivity index (χ4v) is 4.88. The number of benzene rings is 2. The third kappa shape index (κ3) is 4.16. The highest BCUT2D eigenvalue weighted by Crippen LogP contribution is 2.38. The zero-order valence-corrected chi connectivity index (χ0v) is 18.4. The number of carbonyl (C=O) groups excluding carboxylic acids is 1. The molecule has 1 fully saturated rings. The largest absolute Gasteiger partial charge is 0.497 e. The summed E-state index contributed by atoms with van der Waals surface area (Å²) in [5.41, 5.74) is 1.48. The van der Waals surface area contributed by atoms with E-state index in [1.165, 1.54) is 16.7 Å². The smallest absolute Gasteiger partial charge is 0.270 e. The quantitative estimate of drug-likeness (QED) is 0.405. The molecule has 4 rings (SSSR count). The molecule has 1 unspecified atom stereocenters. The van der Waals surface area contributed by atoms with Gasteiger partial charge in [-0.3, -0.25) is 9.69 Å². The van der Waals surface area contributed by atoms with Crippen LogP contribution in [0.3, 0.4) is 0 Å². The third-order valence-corrected chi connectivity index (χ3v) is 6.34. The van der Waals surface area contributed by atoms with Gasteiger partial charge in [-0.2, -0.15) is 0 Å². The van der Waals surface area contributed by atoms with Crippen molar-refractivity contribution in [3.05, 3.63) is 75.1 Å². The van der Waals surface area contributed by atoms with Crippen LogP contribution in [0.1, 0.15) is 12.0 Å². The number of methoxy groups -OCH3 is 1. The number of hydrogen-bond acceptors (Lipinski definition) is 5. The topological polar surface area (TPSA) is 38.8 Å². The van der Waals surface area contributed by atoms with Gasteiger partial charge in [-0.25, -0.2) is 0 Å². The van der Waals surface area contributed by atoms with E-state index in [9.17, 15) is 4.79 Å². The second-order valence-corrected chi connectivity index (χ2v) is 8.84. The van der Waals surface area contributed by atoms with Gasteiger partial charge in [0.25, 0.3) is 5.91 Å². The lowest BCUT2D eigenvalue weighted by Crippen LogP contribution is -2.27. The second kappa shape index (κ2) is 8.40. The molecular formula is C21H15Cl2NO3S2. The number of amides is 1. The molecule has 1 atom stereocenters. The van der Waals surface area contributed by atoms with Gasteiger partial charge in [0.2, 0.25) is 0 Å². The van der Waals surface area contributed by atoms with Crippen molar-refractivity contribution in [3.63, 3.8) is 0 Å². The summed E-state index contributed by atoms with van der Waals surface area (Å²) in [6.45, 7) is 0. The minimum absolute atomic E-state index is 0.160. The number of anilines is 1. The van der Waals surface area contributed by atoms with E-state index in [1.807, 2.05) is 18.2 Å². The van der Waals surface area contributed by atoms with Gasteiger partial charge in [0.05, 0.1) is 22.7 Å². The van der Waals surface area contributed by atoms with Gasteiger partial charge in [0.15, 0.2) is 4.32 Å². The molecule has 0 bridgehead atoms. The Kier molecular flexibility index (Phi) is 5.88. The molecule has 29 heavy (non-hydrogen) atoms. The van der Waals surface area contributed by atoms with E-state index in [0.717, 1.165) is 5.56 Å². The Morgan fingerprint density at radius 2 is 2.00 bits per heavy atom. The summed E-state index contributed by atoms with van der Waals surface area (Å²) in [5.74, 6) is 1.24. The van der Waals surface area contributed by atoms with Gasteiger partial charge >= 0.3 is 0 Å². The third-order valence-electron chi connectivity index (χ3n) is 4.47. The van der Waals surface area contributed by atoms with Gasteiger partial charge in [0.1, 0.15) is 17.6 Å². The molecule has 4 nitrogen and oxygen atoms in total. The molecule has 2 aromatic rings. The van der Waals surface area contributed by atoms with Crippen molar-refractivity contribution in [2.45, 2.75) is 12.5 Å². The summed E-state index contributed by atoms with van der Waals surface area (Å²) in [6.07, 6.45) is 4.15. The summed E-state index contributed by atoms with van der Waals surface area (Å²) < 4.78 is 11.6. The van der Waals surface area contributed by atoms with Crippen molar-refractivity contribution in [1.82, 2.24) is 0 Å². The fraction of sp³-hybridized carbons (Fsp3) is 0.143. The van der Waals surface area contributed by atoms with Crippen LogP contribution in [0.15, 0.2) is 59.5 Å². The molecule has 0 aliphatic carbocycles. The molecular weight excluding hydrogens is 449 g/mol. The average molecular weight is 464 g/mol. The second-order valence-electron chi connectivity index (χ2n) is 6.32. The molecule has 8 heteroatoms. The summed E-state index contributed by atoms with van der Waals surface area (Å²) in [5, 5.41) is 1.09. The van der Waals surface area contributed by atoms with Gasteiger partial charge < -0.3 is 9.47 Å². The molecule has 0 N–H and O–H groups in total. The lowest BCUT2D eigenvalue weighted by molar-refractivity contribution is -0.113. The minimum atomic E-state index is -0.262. The van der Waals surface area contributed by atoms with Crippen LogP contribution >= 0.6 is 47.2 Å². The van der Waals surface area contributed by atoms with Crippen LogP contribution in [0.5, 0.6) is 5.75 Å². The zero-order chi connectivity index (χ0) is 20.5. The predicted octanol–water partition coefficient (Wildman–Crippen LogP) is 6.08. The Labute approximate surface area is 188 Å². The number of thioether (sulfide) groups is 1. The molecule has 2 aliphatic rings. The summed E-state index contributed by atoms with van der Waals surface area (Å²) in [7, 11) is 1.60. The van der Waals surface area contributed by atoms with Gasteiger partial charge in [-0.15, -0.1) is 0 Å². The molecule has 1 amide bonds. The fourth-order valence-electron chi connectivity index (χ4n) is 3.05. The number of hydrogen-bond donors (Lipinski definition) is 0. The molecule has 2 aliphatic heterocycles. The van der Waals surface area contributed by atoms with E-state index in [1.54, 1.807) is 43.5 Å². The number of carbonyl (C=O) groups is 1. The van der Waals surface area contributed by atoms with Crippen molar-refractivity contribution in [2.24, 2.45) is 0 Å². The molecule has 1 saturated heterocycles. The molecule has 0 saturated carbocycles. The molecule has 148 valence electrons. The Morgan fingerprint density at radius 1 is 1.24 bits per heavy atom. The van der Waals surface area contributed by atoms with E-state index >= 15 is 0 Å². The molecule has 2 heterocycles. The molecule has 0 spiro atoms. The Morgan fingerprint density at radius 3 is 2.69 bits per heavy atom. The van der Waals surface area contributed by atoms with E-state index in [0.29, 0.717) is 42.9 Å². The molecule has 0 aromatic heterocycles. The first-order valence-electron chi connectivity index (χ1n) is 8.70. The first kappa shape index (κ1) is 20.3. The van der Waals surface area contributed by atoms with E-state index in [-0.39, 0.29) is 12.0 Å². The van der Waals surface area contributed by atoms with Gasteiger partial charge in [-0.1, -0.05) is 47.2 Å². The SMILES string of the molecule is COc1ccc(N2C(=O)/C(=C\C3CC=C(c4ccc(Cl)cc4Cl)O3)SC2=S)cc1. The first-order chi connectivity index (χ1) is 14.0. The highest BCUT2D eigenvalue weighted by molar-refractivity contribution is 8.27. The van der Waals surface area contributed by atoms with Crippen molar-refractivity contribution in [3.8, 4) is 5.75 Å². The van der Waals surface area contributed by atoms with Crippen molar-refractivity contribution in [1.29, 1.82) is 0 Å². The van der Waals surface area contributed by atoms with E-state index < -0.39 is 0 Å². The number of thiocarbonyl (C=S) groups is 1. The lowest BCUT2D eigenvalue weighted by Gasteiger charge is -2.15. The Bertz CT molecular complexity index is 1050. The predicted molar refractivity (Wildman–Crippen MR) is 123 cm³/mol. The zero-order valence-electron chi connectivity index (χ0n) is 15.2. The van der Waals surface area contributed by atoms with Crippen molar-refractivity contribution < 1.29 is 14.3 Å². The lowest BCUT2D eigenvalue weighted by atomic mass is 10.1. The number of halogens is 2. The monoisotopic (exact) mass is 463 g/mol. The minimum Gasteiger partial charge on any atom is -0.497 e. The van der Waals surface area contributed by atoms with Crippen molar-refractivity contribution in [2.75, 3.05) is 12.0 Å². The van der Waals surface area contributed by atoms with E-state index in [2.05, 4.69) is 0 Å². The summed E-state index contributed by atoms with van der Waals surface area (Å²) >= 11 is 18.9. The van der Waals surface area contributed by atoms with Crippen LogP contribution in [0.25, 0.3) is 5.76 Å². The molecule has 2 aromatic carbocycles. The maximum absolute atomic E-state index is 12.9. The summed E-state index contributed by atoms with van der Waals surface area (Å²) in [6, 6.07) is 12.5. The number of nitrogens with zero attached hydrogens (tertiary/aromatic N) is 1. The van der Waals surface area contributed by atoms with Crippen LogP contribution in [-0.2, 0) is 9.53 Å². The number of rotatable bonds is 4. The Hall–Kier alpha value is -1.99. The van der Waals surface area contributed by atoms with E-state index in [4.69, 9.17) is 44.9 Å². The normalized spacial score (nSPS) is 20.2. The maximum Gasteiger partial charge on any atom is 0.270 e. The Balaban J connectivity index is 1.49. The van der Waals surface area contributed by atoms with Gasteiger partial charge in [0, 0.05) is 17.0 Å². The van der Waals surface area contributed by atoms with Crippen LogP contribution in [-0.4, -0.2) is 23.4 Å². The standard InChI is InChI=1S/C21H15Cl2NO3S2/c1-26-14-5-3-13(4-6-14)24-20(25)19(29-21(24)28)11-15-7-9-18(27-15)16-8-2-12(22)10-17(16)23/h2-6,8-11,15H,7H2,1H3/b19-11+. The summed E-state index contributed by atoms with van der Waals surface area (Å²) in [4.78, 5) is 15.0. The maximum atomic E-state index is 12.9. The molecule has 0 radical (unpaired) electrons. The van der Waals surface area contributed by atoms with Crippen LogP contribution in [0, 0.1) is 0 Å². The average Bonchev–Trinajstić information content (AvgIpc) is 3.26. The highest BCUT2D eigenvalue weighted by atomic mass is 35.5. The van der Waals surface area contributed by atoms with Crippen molar-refractivity contribution >= 4 is 68.9 Å². The van der Waals surface area contributed by atoms with Gasteiger partial charge in [-0.05, 0) is 54.6 Å². The van der Waals surface area contributed by atoms with Crippen LogP contribution in [0.2, 0.25) is 10.0 Å². The first-order valence-corrected chi connectivity index (χ1v) is 10.7. The van der Waals surface area contributed by atoms with Crippen LogP contribution in [0.4, 0.5) is 5.69 Å². The number of ether oxygens (including phenoxy) is 2. The van der Waals surface area contributed by atoms with Crippen LogP contribution < -0.4 is 9.64 Å².